The first-order chi connectivity index (χ1) is 12.2. The molecule has 0 aliphatic carbocycles. The highest BCUT2D eigenvalue weighted by Crippen LogP contribution is 2.36. The van der Waals surface area contributed by atoms with Crippen molar-refractivity contribution in [2.45, 2.75) is 6.92 Å². The Balaban J connectivity index is 1.54. The number of hydrogen-bond donors (Lipinski definition) is 2. The van der Waals surface area contributed by atoms with E-state index in [1.54, 1.807) is 0 Å². The molecule has 0 spiro atoms. The van der Waals surface area contributed by atoms with Gasteiger partial charge in [0.25, 0.3) is 0 Å². The quantitative estimate of drug-likeness (QED) is 0.525. The molecule has 25 heavy (non-hydrogen) atoms. The van der Waals surface area contributed by atoms with Gasteiger partial charge in [0.1, 0.15) is 5.69 Å². The minimum absolute atomic E-state index is 0.262. The molecule has 5 rings (SSSR count). The molecule has 0 unspecified atom stereocenters. The molecule has 7 heteroatoms. The first-order valence-electron chi connectivity index (χ1n) is 7.79. The third-order valence-electron chi connectivity index (χ3n) is 4.26. The number of ether oxygens (including phenoxy) is 2. The van der Waals surface area contributed by atoms with Crippen molar-refractivity contribution in [3.63, 3.8) is 0 Å². The van der Waals surface area contributed by atoms with Crippen LogP contribution < -0.4 is 9.47 Å². The number of aromatic nitrogens is 4. The molecule has 1 aliphatic rings. The summed E-state index contributed by atoms with van der Waals surface area (Å²) in [4.78, 5) is 7.99. The van der Waals surface area contributed by atoms with Crippen molar-refractivity contribution in [1.82, 2.24) is 20.2 Å². The summed E-state index contributed by atoms with van der Waals surface area (Å²) < 4.78 is 11.8. The maximum atomic E-state index is 5.43. The van der Waals surface area contributed by atoms with Crippen LogP contribution in [-0.4, -0.2) is 27.0 Å². The van der Waals surface area contributed by atoms with Crippen molar-refractivity contribution in [3.8, 4) is 34.3 Å². The highest BCUT2D eigenvalue weighted by atomic mass is 79.9. The normalized spacial score (nSPS) is 12.9. The van der Waals surface area contributed by atoms with Gasteiger partial charge in [-0.1, -0.05) is 15.9 Å². The van der Waals surface area contributed by atoms with Crippen molar-refractivity contribution in [3.05, 3.63) is 46.4 Å². The number of fused-ring (bicyclic) bond motifs is 2. The molecule has 6 nitrogen and oxygen atoms in total. The first-order valence-corrected chi connectivity index (χ1v) is 8.58. The summed E-state index contributed by atoms with van der Waals surface area (Å²) in [5, 5.41) is 7.45. The Morgan fingerprint density at radius 2 is 1.96 bits per heavy atom. The Bertz CT molecular complexity index is 1080. The Labute approximate surface area is 151 Å². The van der Waals surface area contributed by atoms with E-state index in [0.29, 0.717) is 0 Å². The second-order valence-corrected chi connectivity index (χ2v) is 6.79. The van der Waals surface area contributed by atoms with Gasteiger partial charge in [0, 0.05) is 10.0 Å². The van der Waals surface area contributed by atoms with Crippen LogP contribution in [0.3, 0.4) is 0 Å². The number of aromatic amines is 2. The van der Waals surface area contributed by atoms with E-state index in [1.165, 1.54) is 0 Å². The van der Waals surface area contributed by atoms with E-state index in [4.69, 9.17) is 9.47 Å². The van der Waals surface area contributed by atoms with Gasteiger partial charge in [-0.3, -0.25) is 5.10 Å². The predicted octanol–water partition coefficient (Wildman–Crippen LogP) is 4.42. The summed E-state index contributed by atoms with van der Waals surface area (Å²) in [7, 11) is 0. The van der Waals surface area contributed by atoms with E-state index < -0.39 is 0 Å². The average molecular weight is 397 g/mol. The molecule has 124 valence electrons. The fourth-order valence-corrected chi connectivity index (χ4v) is 3.25. The lowest BCUT2D eigenvalue weighted by molar-refractivity contribution is 0.174. The van der Waals surface area contributed by atoms with Crippen LogP contribution in [0.1, 0.15) is 5.56 Å². The largest absolute Gasteiger partial charge is 0.454 e. The van der Waals surface area contributed by atoms with Crippen LogP contribution in [0, 0.1) is 6.92 Å². The van der Waals surface area contributed by atoms with Gasteiger partial charge in [-0.15, -0.1) is 0 Å². The predicted molar refractivity (Wildman–Crippen MR) is 97.7 cm³/mol. The van der Waals surface area contributed by atoms with Gasteiger partial charge in [0.05, 0.1) is 16.7 Å². The highest BCUT2D eigenvalue weighted by Gasteiger charge is 2.16. The van der Waals surface area contributed by atoms with E-state index >= 15 is 0 Å². The fraction of sp³-hybridized carbons (Fsp3) is 0.111. The zero-order chi connectivity index (χ0) is 17.0. The van der Waals surface area contributed by atoms with Crippen LogP contribution in [0.5, 0.6) is 11.5 Å². The average Bonchev–Trinajstić information content (AvgIpc) is 3.33. The maximum Gasteiger partial charge on any atom is 0.231 e. The van der Waals surface area contributed by atoms with Crippen molar-refractivity contribution in [2.24, 2.45) is 0 Å². The van der Waals surface area contributed by atoms with Crippen LogP contribution in [0.15, 0.2) is 40.9 Å². The maximum absolute atomic E-state index is 5.43. The first kappa shape index (κ1) is 14.5. The van der Waals surface area contributed by atoms with Crippen molar-refractivity contribution >= 4 is 27.0 Å². The molecule has 2 N–H and O–H groups in total. The second-order valence-electron chi connectivity index (χ2n) is 5.94. The topological polar surface area (TPSA) is 75.8 Å². The van der Waals surface area contributed by atoms with Crippen LogP contribution in [0.2, 0.25) is 0 Å². The Morgan fingerprint density at radius 3 is 2.88 bits per heavy atom. The van der Waals surface area contributed by atoms with Crippen LogP contribution in [0.4, 0.5) is 0 Å². The summed E-state index contributed by atoms with van der Waals surface area (Å²) >= 11 is 3.55. The molecule has 2 aromatic carbocycles. The molecule has 1 aliphatic heterocycles. The number of nitrogens with zero attached hydrogens (tertiary/aromatic N) is 2. The molecular weight excluding hydrogens is 384 g/mol. The van der Waals surface area contributed by atoms with Crippen LogP contribution in [-0.2, 0) is 0 Å². The summed E-state index contributed by atoms with van der Waals surface area (Å²) in [5.74, 6) is 2.26. The van der Waals surface area contributed by atoms with E-state index in [9.17, 15) is 0 Å². The second kappa shape index (κ2) is 5.35. The lowest BCUT2D eigenvalue weighted by atomic mass is 10.1. The molecule has 3 heterocycles. The van der Waals surface area contributed by atoms with Crippen LogP contribution in [0.25, 0.3) is 33.8 Å². The number of H-pyrrole nitrogens is 2. The minimum Gasteiger partial charge on any atom is -0.454 e. The monoisotopic (exact) mass is 396 g/mol. The van der Waals surface area contributed by atoms with Crippen molar-refractivity contribution in [2.75, 3.05) is 6.79 Å². The smallest absolute Gasteiger partial charge is 0.231 e. The van der Waals surface area contributed by atoms with Gasteiger partial charge >= 0.3 is 0 Å². The molecule has 0 fully saturated rings. The molecule has 0 saturated heterocycles. The third-order valence-corrected chi connectivity index (χ3v) is 5.12. The number of aryl methyl sites for hydroxylation is 1. The highest BCUT2D eigenvalue weighted by molar-refractivity contribution is 9.10. The molecule has 2 aromatic heterocycles. The number of hydrogen-bond acceptors (Lipinski definition) is 4. The van der Waals surface area contributed by atoms with E-state index in [2.05, 4.69) is 42.2 Å². The molecule has 0 saturated carbocycles. The molecular formula is C18H13BrN4O2. The standard InChI is InChI=1S/C18H13BrN4O2/c1-9-4-13-14(6-11(9)19)21-18(20-13)15-7-12(22-23-15)10-2-3-16-17(5-10)25-8-24-16/h2-7H,8H2,1H3,(H,20,21)(H,22,23). The lowest BCUT2D eigenvalue weighted by Gasteiger charge is -1.98. The Hall–Kier alpha value is -2.80. The Kier molecular flexibility index (Phi) is 3.11. The summed E-state index contributed by atoms with van der Waals surface area (Å²) in [6.45, 7) is 2.31. The van der Waals surface area contributed by atoms with E-state index in [1.807, 2.05) is 37.3 Å². The van der Waals surface area contributed by atoms with Crippen molar-refractivity contribution < 1.29 is 9.47 Å². The zero-order valence-corrected chi connectivity index (χ0v) is 14.8. The van der Waals surface area contributed by atoms with Gasteiger partial charge in [0.15, 0.2) is 17.3 Å². The molecule has 0 atom stereocenters. The summed E-state index contributed by atoms with van der Waals surface area (Å²) in [6.07, 6.45) is 0. The summed E-state index contributed by atoms with van der Waals surface area (Å²) in [5.41, 5.74) is 5.67. The number of rotatable bonds is 2. The van der Waals surface area contributed by atoms with E-state index in [-0.39, 0.29) is 6.79 Å². The fourth-order valence-electron chi connectivity index (χ4n) is 2.91. The molecule has 0 amide bonds. The van der Waals surface area contributed by atoms with Crippen molar-refractivity contribution in [1.29, 1.82) is 0 Å². The number of imidazole rings is 1. The van der Waals surface area contributed by atoms with Gasteiger partial charge in [-0.2, -0.15) is 5.10 Å². The number of nitrogens with one attached hydrogen (secondary N) is 2. The van der Waals surface area contributed by atoms with Gasteiger partial charge < -0.3 is 14.5 Å². The van der Waals surface area contributed by atoms with Crippen LogP contribution >= 0.6 is 15.9 Å². The van der Waals surface area contributed by atoms with Gasteiger partial charge in [-0.05, 0) is 48.9 Å². The third kappa shape index (κ3) is 2.39. The minimum atomic E-state index is 0.262. The van der Waals surface area contributed by atoms with Gasteiger partial charge in [-0.25, -0.2) is 4.98 Å². The molecule has 0 radical (unpaired) electrons. The number of benzene rings is 2. The SMILES string of the molecule is Cc1cc2nc(-c3cc(-c4ccc5c(c4)OCO5)n[nH]3)[nH]c2cc1Br. The zero-order valence-electron chi connectivity index (χ0n) is 13.3. The number of halogens is 1. The summed E-state index contributed by atoms with van der Waals surface area (Å²) in [6, 6.07) is 11.9. The molecule has 0 bridgehead atoms. The van der Waals surface area contributed by atoms with E-state index in [0.717, 1.165) is 55.3 Å². The lowest BCUT2D eigenvalue weighted by Crippen LogP contribution is -1.92. The van der Waals surface area contributed by atoms with Gasteiger partial charge in [0.2, 0.25) is 6.79 Å². The molecule has 4 aromatic rings. The Morgan fingerprint density at radius 1 is 1.08 bits per heavy atom.